The van der Waals surface area contributed by atoms with Gasteiger partial charge in [0.2, 0.25) is 0 Å². The Balaban J connectivity index is 1.85. The molecule has 4 nitrogen and oxygen atoms in total. The molecule has 0 radical (unpaired) electrons. The molecule has 0 bridgehead atoms. The van der Waals surface area contributed by atoms with Gasteiger partial charge in [-0.2, -0.15) is 0 Å². The highest BCUT2D eigenvalue weighted by molar-refractivity contribution is 5.27. The molecule has 0 aromatic heterocycles. The van der Waals surface area contributed by atoms with E-state index in [1.807, 2.05) is 12.1 Å². The molecule has 1 saturated heterocycles. The van der Waals surface area contributed by atoms with Gasteiger partial charge in [-0.25, -0.2) is 0 Å². The average Bonchev–Trinajstić information content (AvgIpc) is 2.47. The number of ether oxygens (including phenoxy) is 2. The van der Waals surface area contributed by atoms with Crippen LogP contribution in [0.25, 0.3) is 0 Å². The standard InChI is InChI=1S/C15H24N2O2/c1-2-8-18-14-5-3-13(4-6-14)11-17-7-9-19-15(10-16)12-17/h3-6,15H,2,7-12,16H2,1H3/t15-/m0/s1. The van der Waals surface area contributed by atoms with Crippen LogP contribution in [0.15, 0.2) is 24.3 Å². The number of benzene rings is 1. The molecule has 0 unspecified atom stereocenters. The number of rotatable bonds is 6. The Bertz CT molecular complexity index is 367. The highest BCUT2D eigenvalue weighted by Gasteiger charge is 2.18. The van der Waals surface area contributed by atoms with E-state index in [1.165, 1.54) is 5.56 Å². The second-order valence-electron chi connectivity index (χ2n) is 4.96. The molecule has 1 aromatic rings. The molecular weight excluding hydrogens is 240 g/mol. The van der Waals surface area contributed by atoms with Crippen molar-refractivity contribution < 1.29 is 9.47 Å². The molecule has 1 aliphatic rings. The molecule has 1 aromatic carbocycles. The quantitative estimate of drug-likeness (QED) is 0.848. The third-order valence-electron chi connectivity index (χ3n) is 3.29. The van der Waals surface area contributed by atoms with Crippen LogP contribution in [0.4, 0.5) is 0 Å². The number of morpholine rings is 1. The zero-order chi connectivity index (χ0) is 13.5. The lowest BCUT2D eigenvalue weighted by Crippen LogP contribution is -2.45. The van der Waals surface area contributed by atoms with E-state index in [4.69, 9.17) is 15.2 Å². The van der Waals surface area contributed by atoms with E-state index in [0.717, 1.165) is 45.0 Å². The van der Waals surface area contributed by atoms with Crippen LogP contribution >= 0.6 is 0 Å². The first-order valence-corrected chi connectivity index (χ1v) is 7.07. The Morgan fingerprint density at radius 1 is 1.37 bits per heavy atom. The van der Waals surface area contributed by atoms with Gasteiger partial charge in [-0.3, -0.25) is 4.90 Å². The van der Waals surface area contributed by atoms with Crippen molar-refractivity contribution in [3.63, 3.8) is 0 Å². The Morgan fingerprint density at radius 2 is 2.16 bits per heavy atom. The van der Waals surface area contributed by atoms with Gasteiger partial charge in [0.15, 0.2) is 0 Å². The largest absolute Gasteiger partial charge is 0.494 e. The topological polar surface area (TPSA) is 47.7 Å². The van der Waals surface area contributed by atoms with Crippen molar-refractivity contribution >= 4 is 0 Å². The molecule has 0 spiro atoms. The summed E-state index contributed by atoms with van der Waals surface area (Å²) >= 11 is 0. The minimum absolute atomic E-state index is 0.181. The smallest absolute Gasteiger partial charge is 0.119 e. The van der Waals surface area contributed by atoms with Crippen LogP contribution < -0.4 is 10.5 Å². The zero-order valence-corrected chi connectivity index (χ0v) is 11.7. The van der Waals surface area contributed by atoms with E-state index in [1.54, 1.807) is 0 Å². The third kappa shape index (κ3) is 4.49. The monoisotopic (exact) mass is 264 g/mol. The van der Waals surface area contributed by atoms with E-state index >= 15 is 0 Å². The van der Waals surface area contributed by atoms with Crippen molar-refractivity contribution in [3.8, 4) is 5.75 Å². The fraction of sp³-hybridized carbons (Fsp3) is 0.600. The van der Waals surface area contributed by atoms with E-state index in [2.05, 4.69) is 24.0 Å². The van der Waals surface area contributed by atoms with Crippen LogP contribution in [-0.4, -0.2) is 43.9 Å². The van der Waals surface area contributed by atoms with Crippen LogP contribution in [0.5, 0.6) is 5.75 Å². The number of nitrogens with two attached hydrogens (primary N) is 1. The maximum Gasteiger partial charge on any atom is 0.119 e. The predicted molar refractivity (Wildman–Crippen MR) is 76.3 cm³/mol. The molecule has 2 N–H and O–H groups in total. The van der Waals surface area contributed by atoms with Gasteiger partial charge in [-0.15, -0.1) is 0 Å². The van der Waals surface area contributed by atoms with Gasteiger partial charge >= 0.3 is 0 Å². The van der Waals surface area contributed by atoms with Gasteiger partial charge in [0.1, 0.15) is 5.75 Å². The summed E-state index contributed by atoms with van der Waals surface area (Å²) in [4.78, 5) is 2.39. The summed E-state index contributed by atoms with van der Waals surface area (Å²) in [5.41, 5.74) is 6.96. The van der Waals surface area contributed by atoms with Crippen molar-refractivity contribution in [2.24, 2.45) is 5.73 Å². The molecule has 1 fully saturated rings. The molecule has 1 heterocycles. The molecule has 0 amide bonds. The predicted octanol–water partition coefficient (Wildman–Crippen LogP) is 1.63. The molecule has 1 atom stereocenters. The summed E-state index contributed by atoms with van der Waals surface area (Å²) in [6.07, 6.45) is 1.22. The van der Waals surface area contributed by atoms with Gasteiger partial charge in [-0.1, -0.05) is 19.1 Å². The van der Waals surface area contributed by atoms with Crippen LogP contribution in [0, 0.1) is 0 Å². The van der Waals surface area contributed by atoms with Crippen molar-refractivity contribution in [1.29, 1.82) is 0 Å². The summed E-state index contributed by atoms with van der Waals surface area (Å²) in [6, 6.07) is 8.37. The van der Waals surface area contributed by atoms with Gasteiger partial charge in [0.25, 0.3) is 0 Å². The van der Waals surface area contributed by atoms with Crippen molar-refractivity contribution in [2.45, 2.75) is 26.0 Å². The van der Waals surface area contributed by atoms with Gasteiger partial charge in [0.05, 0.1) is 19.3 Å². The van der Waals surface area contributed by atoms with Crippen LogP contribution in [-0.2, 0) is 11.3 Å². The fourth-order valence-electron chi connectivity index (χ4n) is 2.24. The molecule has 2 rings (SSSR count). The summed E-state index contributed by atoms with van der Waals surface area (Å²) in [6.45, 7) is 7.12. The van der Waals surface area contributed by atoms with E-state index in [-0.39, 0.29) is 6.10 Å². The maximum atomic E-state index is 5.66. The Labute approximate surface area is 115 Å². The molecule has 1 aliphatic heterocycles. The SMILES string of the molecule is CCCOc1ccc(CN2CCO[C@@H](CN)C2)cc1. The van der Waals surface area contributed by atoms with Crippen molar-refractivity contribution in [3.05, 3.63) is 29.8 Å². The van der Waals surface area contributed by atoms with Gasteiger partial charge in [-0.05, 0) is 24.1 Å². The summed E-state index contributed by atoms with van der Waals surface area (Å²) in [7, 11) is 0. The average molecular weight is 264 g/mol. The first-order chi connectivity index (χ1) is 9.31. The third-order valence-corrected chi connectivity index (χ3v) is 3.29. The van der Waals surface area contributed by atoms with Gasteiger partial charge in [0, 0.05) is 26.2 Å². The first-order valence-electron chi connectivity index (χ1n) is 7.07. The summed E-state index contributed by atoms with van der Waals surface area (Å²) in [5.74, 6) is 0.951. The Kier molecular flexibility index (Phi) is 5.63. The second-order valence-corrected chi connectivity index (χ2v) is 4.96. The normalized spacial score (nSPS) is 20.4. The van der Waals surface area contributed by atoms with E-state index in [9.17, 15) is 0 Å². The summed E-state index contributed by atoms with van der Waals surface area (Å²) < 4.78 is 11.2. The minimum atomic E-state index is 0.181. The highest BCUT2D eigenvalue weighted by Crippen LogP contribution is 2.15. The molecule has 4 heteroatoms. The number of hydrogen-bond acceptors (Lipinski definition) is 4. The zero-order valence-electron chi connectivity index (χ0n) is 11.7. The molecule has 0 aliphatic carbocycles. The molecule has 19 heavy (non-hydrogen) atoms. The van der Waals surface area contributed by atoms with E-state index in [0.29, 0.717) is 6.54 Å². The van der Waals surface area contributed by atoms with Gasteiger partial charge < -0.3 is 15.2 Å². The summed E-state index contributed by atoms with van der Waals surface area (Å²) in [5, 5.41) is 0. The van der Waals surface area contributed by atoms with Crippen molar-refractivity contribution in [1.82, 2.24) is 4.90 Å². The lowest BCUT2D eigenvalue weighted by atomic mass is 10.2. The molecular formula is C15H24N2O2. The van der Waals surface area contributed by atoms with Crippen molar-refractivity contribution in [2.75, 3.05) is 32.8 Å². The highest BCUT2D eigenvalue weighted by atomic mass is 16.5. The Morgan fingerprint density at radius 3 is 2.84 bits per heavy atom. The maximum absolute atomic E-state index is 5.66. The lowest BCUT2D eigenvalue weighted by molar-refractivity contribution is -0.0260. The molecule has 0 saturated carbocycles. The lowest BCUT2D eigenvalue weighted by Gasteiger charge is -2.32. The Hall–Kier alpha value is -1.10. The second kappa shape index (κ2) is 7.48. The van der Waals surface area contributed by atoms with Crippen LogP contribution in [0.1, 0.15) is 18.9 Å². The van der Waals surface area contributed by atoms with Crippen LogP contribution in [0.3, 0.4) is 0 Å². The van der Waals surface area contributed by atoms with Crippen LogP contribution in [0.2, 0.25) is 0 Å². The fourth-order valence-corrected chi connectivity index (χ4v) is 2.24. The number of nitrogens with zero attached hydrogens (tertiary/aromatic N) is 1. The van der Waals surface area contributed by atoms with E-state index < -0.39 is 0 Å². The molecule has 106 valence electrons. The first kappa shape index (κ1) is 14.3. The number of hydrogen-bond donors (Lipinski definition) is 1. The minimum Gasteiger partial charge on any atom is -0.494 e.